The van der Waals surface area contributed by atoms with Crippen LogP contribution in [0.3, 0.4) is 0 Å². The Balaban J connectivity index is 1.37. The Morgan fingerprint density at radius 2 is 2.00 bits per heavy atom. The van der Waals surface area contributed by atoms with E-state index in [2.05, 4.69) is 37.1 Å². The second kappa shape index (κ2) is 8.30. The summed E-state index contributed by atoms with van der Waals surface area (Å²) >= 11 is 7.85. The van der Waals surface area contributed by atoms with E-state index in [4.69, 9.17) is 11.6 Å². The van der Waals surface area contributed by atoms with E-state index in [-0.39, 0.29) is 5.75 Å². The molecule has 8 heteroatoms. The van der Waals surface area contributed by atoms with Crippen molar-refractivity contribution in [3.05, 3.63) is 52.8 Å². The number of aromatic hydroxyl groups is 1. The fourth-order valence-electron chi connectivity index (χ4n) is 2.58. The summed E-state index contributed by atoms with van der Waals surface area (Å²) in [5, 5.41) is 14.9. The van der Waals surface area contributed by atoms with Crippen LogP contribution in [0.15, 0.2) is 41.8 Å². The van der Waals surface area contributed by atoms with Crippen LogP contribution < -0.4 is 5.32 Å². The fraction of sp³-hybridized carbons (Fsp3) is 0.150. The number of aromatic nitrogens is 4. The first-order chi connectivity index (χ1) is 13.7. The molecule has 0 unspecified atom stereocenters. The van der Waals surface area contributed by atoms with Gasteiger partial charge in [-0.05, 0) is 48.1 Å². The Morgan fingerprint density at radius 1 is 1.14 bits per heavy atom. The van der Waals surface area contributed by atoms with Gasteiger partial charge in [-0.25, -0.2) is 9.97 Å². The van der Waals surface area contributed by atoms with Crippen molar-refractivity contribution in [2.75, 3.05) is 11.9 Å². The number of phenolic OH excluding ortho intramolecular Hbond substituents is 1. The first kappa shape index (κ1) is 18.3. The van der Waals surface area contributed by atoms with Crippen molar-refractivity contribution in [2.24, 2.45) is 0 Å². The Labute approximate surface area is 170 Å². The fourth-order valence-corrected chi connectivity index (χ4v) is 3.46. The Morgan fingerprint density at radius 3 is 2.79 bits per heavy atom. The lowest BCUT2D eigenvalue weighted by Crippen LogP contribution is -2.00. The molecule has 0 amide bonds. The largest absolute Gasteiger partial charge is 0.508 e. The number of imidazole rings is 1. The zero-order chi connectivity index (χ0) is 19.3. The zero-order valence-corrected chi connectivity index (χ0v) is 16.3. The van der Waals surface area contributed by atoms with Gasteiger partial charge < -0.3 is 15.4 Å². The summed E-state index contributed by atoms with van der Waals surface area (Å²) in [5.41, 5.74) is 2.10. The number of nitrogens with zero attached hydrogens (tertiary/aromatic N) is 3. The minimum absolute atomic E-state index is 0.256. The molecule has 4 aromatic rings. The third-order valence-electron chi connectivity index (χ3n) is 3.94. The highest BCUT2D eigenvalue weighted by Crippen LogP contribution is 2.26. The SMILES string of the molecule is Oc1ccc(NCCCC#Cc2nc(Cl)c3[nH]c(-c4cccs4)nc3n2)cc1. The molecule has 0 aliphatic carbocycles. The molecule has 0 aliphatic heterocycles. The van der Waals surface area contributed by atoms with E-state index >= 15 is 0 Å². The maximum absolute atomic E-state index is 9.27. The molecular formula is C20H16ClN5OS. The molecule has 0 fully saturated rings. The van der Waals surface area contributed by atoms with Gasteiger partial charge in [-0.3, -0.25) is 0 Å². The topological polar surface area (TPSA) is 86.7 Å². The number of nitrogens with one attached hydrogen (secondary N) is 2. The van der Waals surface area contributed by atoms with Gasteiger partial charge in [0.05, 0.1) is 4.88 Å². The van der Waals surface area contributed by atoms with Crippen LogP contribution in [0.25, 0.3) is 21.9 Å². The number of H-pyrrole nitrogens is 1. The first-order valence-electron chi connectivity index (χ1n) is 8.68. The molecule has 0 aliphatic rings. The van der Waals surface area contributed by atoms with Gasteiger partial charge in [0.25, 0.3) is 0 Å². The Hall–Kier alpha value is -3.08. The minimum Gasteiger partial charge on any atom is -0.508 e. The third-order valence-corrected chi connectivity index (χ3v) is 5.09. The van der Waals surface area contributed by atoms with E-state index in [1.807, 2.05) is 29.6 Å². The molecule has 140 valence electrons. The maximum Gasteiger partial charge on any atom is 0.208 e. The highest BCUT2D eigenvalue weighted by atomic mass is 35.5. The number of halogens is 1. The van der Waals surface area contributed by atoms with Crippen molar-refractivity contribution in [1.29, 1.82) is 0 Å². The Bertz CT molecular complexity index is 1140. The second-order valence-electron chi connectivity index (χ2n) is 5.98. The first-order valence-corrected chi connectivity index (χ1v) is 9.94. The van der Waals surface area contributed by atoms with Gasteiger partial charge in [0.15, 0.2) is 16.6 Å². The molecule has 6 nitrogen and oxygen atoms in total. The number of phenols is 1. The average Bonchev–Trinajstić information content (AvgIpc) is 3.35. The number of benzene rings is 1. The highest BCUT2D eigenvalue weighted by molar-refractivity contribution is 7.13. The van der Waals surface area contributed by atoms with Crippen molar-refractivity contribution >= 4 is 39.8 Å². The van der Waals surface area contributed by atoms with E-state index in [0.29, 0.717) is 28.6 Å². The Kier molecular flexibility index (Phi) is 5.42. The number of rotatable bonds is 5. The van der Waals surface area contributed by atoms with Crippen LogP contribution in [0.4, 0.5) is 5.69 Å². The molecule has 0 saturated carbocycles. The van der Waals surface area contributed by atoms with Gasteiger partial charge in [-0.1, -0.05) is 23.6 Å². The number of aromatic amines is 1. The van der Waals surface area contributed by atoms with E-state index in [0.717, 1.165) is 29.4 Å². The summed E-state index contributed by atoms with van der Waals surface area (Å²) in [5.74, 6) is 7.39. The summed E-state index contributed by atoms with van der Waals surface area (Å²) < 4.78 is 0. The van der Waals surface area contributed by atoms with Gasteiger partial charge in [-0.2, -0.15) is 4.98 Å². The summed E-state index contributed by atoms with van der Waals surface area (Å²) in [6.07, 6.45) is 1.57. The van der Waals surface area contributed by atoms with Crippen LogP contribution in [-0.2, 0) is 0 Å². The zero-order valence-electron chi connectivity index (χ0n) is 14.7. The van der Waals surface area contributed by atoms with E-state index in [1.54, 1.807) is 23.5 Å². The van der Waals surface area contributed by atoms with Crippen molar-refractivity contribution in [3.63, 3.8) is 0 Å². The lowest BCUT2D eigenvalue weighted by Gasteiger charge is -2.04. The summed E-state index contributed by atoms with van der Waals surface area (Å²) in [6.45, 7) is 0.781. The predicted octanol–water partition coefficient (Wildman–Crippen LogP) is 4.68. The molecule has 0 atom stereocenters. The van der Waals surface area contributed by atoms with E-state index in [9.17, 15) is 5.11 Å². The smallest absolute Gasteiger partial charge is 0.208 e. The molecule has 0 saturated heterocycles. The molecular weight excluding hydrogens is 394 g/mol. The average molecular weight is 410 g/mol. The summed E-state index contributed by atoms with van der Waals surface area (Å²) in [4.78, 5) is 17.3. The molecule has 4 rings (SSSR count). The number of fused-ring (bicyclic) bond motifs is 1. The lowest BCUT2D eigenvalue weighted by atomic mass is 10.2. The quantitative estimate of drug-likeness (QED) is 0.193. The number of anilines is 1. The van der Waals surface area contributed by atoms with Gasteiger partial charge in [0, 0.05) is 18.7 Å². The van der Waals surface area contributed by atoms with Gasteiger partial charge >= 0.3 is 0 Å². The molecule has 3 aromatic heterocycles. The van der Waals surface area contributed by atoms with Crippen molar-refractivity contribution in [3.8, 4) is 28.3 Å². The summed E-state index contributed by atoms with van der Waals surface area (Å²) in [6, 6.07) is 10.9. The number of hydrogen-bond donors (Lipinski definition) is 3. The van der Waals surface area contributed by atoms with Crippen molar-refractivity contribution < 1.29 is 5.11 Å². The molecule has 3 N–H and O–H groups in total. The molecule has 0 bridgehead atoms. The number of thiophene rings is 1. The predicted molar refractivity (Wildman–Crippen MR) is 113 cm³/mol. The molecule has 0 radical (unpaired) electrons. The van der Waals surface area contributed by atoms with E-state index < -0.39 is 0 Å². The minimum atomic E-state index is 0.256. The van der Waals surface area contributed by atoms with Gasteiger partial charge in [-0.15, -0.1) is 11.3 Å². The van der Waals surface area contributed by atoms with Crippen molar-refractivity contribution in [2.45, 2.75) is 12.8 Å². The molecule has 1 aromatic carbocycles. The standard InChI is InChI=1S/C20H16ClN5OS/c21-18-17-20(26-19(25-17)15-5-4-12-28-15)24-16(23-18)6-2-1-3-11-22-13-7-9-14(27)10-8-13/h4-5,7-10,12,22,27H,1,3,11H2,(H,23,24,25,26). The highest BCUT2D eigenvalue weighted by Gasteiger charge is 2.12. The second-order valence-corrected chi connectivity index (χ2v) is 7.28. The number of unbranched alkanes of at least 4 members (excludes halogenated alkanes) is 1. The van der Waals surface area contributed by atoms with Gasteiger partial charge in [0.1, 0.15) is 11.3 Å². The molecule has 3 heterocycles. The molecule has 0 spiro atoms. The van der Waals surface area contributed by atoms with E-state index in [1.165, 1.54) is 0 Å². The van der Waals surface area contributed by atoms with Crippen LogP contribution >= 0.6 is 22.9 Å². The lowest BCUT2D eigenvalue weighted by molar-refractivity contribution is 0.475. The van der Waals surface area contributed by atoms with Crippen LogP contribution in [0, 0.1) is 11.8 Å². The molecule has 28 heavy (non-hydrogen) atoms. The van der Waals surface area contributed by atoms with Gasteiger partial charge in [0.2, 0.25) is 5.82 Å². The van der Waals surface area contributed by atoms with Crippen LogP contribution in [-0.4, -0.2) is 31.6 Å². The normalized spacial score (nSPS) is 10.6. The van der Waals surface area contributed by atoms with Crippen molar-refractivity contribution in [1.82, 2.24) is 19.9 Å². The van der Waals surface area contributed by atoms with Crippen LogP contribution in [0.5, 0.6) is 5.75 Å². The summed E-state index contributed by atoms with van der Waals surface area (Å²) in [7, 11) is 0. The van der Waals surface area contributed by atoms with Crippen LogP contribution in [0.1, 0.15) is 18.7 Å². The van der Waals surface area contributed by atoms with Crippen LogP contribution in [0.2, 0.25) is 5.15 Å². The number of hydrogen-bond acceptors (Lipinski definition) is 6. The maximum atomic E-state index is 9.27. The third kappa shape index (κ3) is 4.25. The monoisotopic (exact) mass is 409 g/mol.